The first-order valence-corrected chi connectivity index (χ1v) is 6.85. The van der Waals surface area contributed by atoms with Gasteiger partial charge >= 0.3 is 5.97 Å². The minimum Gasteiger partial charge on any atom is -0.494 e. The number of carbonyl (C=O) groups is 2. The maximum atomic E-state index is 12.4. The van der Waals surface area contributed by atoms with Crippen molar-refractivity contribution >= 4 is 11.9 Å². The van der Waals surface area contributed by atoms with Gasteiger partial charge in [-0.15, -0.1) is 0 Å². The van der Waals surface area contributed by atoms with Gasteiger partial charge < -0.3 is 19.5 Å². The van der Waals surface area contributed by atoms with Gasteiger partial charge in [0.05, 0.1) is 25.9 Å². The molecule has 21 heavy (non-hydrogen) atoms. The van der Waals surface area contributed by atoms with E-state index in [1.807, 2.05) is 6.92 Å². The van der Waals surface area contributed by atoms with Crippen LogP contribution >= 0.6 is 0 Å². The highest BCUT2D eigenvalue weighted by Crippen LogP contribution is 2.21. The van der Waals surface area contributed by atoms with Gasteiger partial charge in [0.2, 0.25) is 0 Å². The molecule has 6 heteroatoms. The predicted molar refractivity (Wildman–Crippen MR) is 75.4 cm³/mol. The highest BCUT2D eigenvalue weighted by Gasteiger charge is 2.38. The molecule has 0 aliphatic carbocycles. The Bertz CT molecular complexity index is 513. The molecule has 6 nitrogen and oxygen atoms in total. The van der Waals surface area contributed by atoms with Crippen molar-refractivity contribution in [1.29, 1.82) is 0 Å². The van der Waals surface area contributed by atoms with E-state index < -0.39 is 17.9 Å². The Kier molecular flexibility index (Phi) is 4.80. The van der Waals surface area contributed by atoms with Crippen LogP contribution in [0.25, 0.3) is 0 Å². The fraction of sp³-hybridized carbons (Fsp3) is 0.467. The summed E-state index contributed by atoms with van der Waals surface area (Å²) in [6, 6.07) is 6.36. The lowest BCUT2D eigenvalue weighted by Crippen LogP contribution is -2.44. The van der Waals surface area contributed by atoms with Crippen LogP contribution in [0.3, 0.4) is 0 Å². The molecule has 1 heterocycles. The second-order valence-electron chi connectivity index (χ2n) is 4.92. The Morgan fingerprint density at radius 3 is 2.57 bits per heavy atom. The topological polar surface area (TPSA) is 76.1 Å². The SMILES string of the molecule is CCOc1ccc(C(=O)N(C)C2COCC2C(=O)O)cc1. The summed E-state index contributed by atoms with van der Waals surface area (Å²) < 4.78 is 10.5. The van der Waals surface area contributed by atoms with Crippen molar-refractivity contribution in [2.75, 3.05) is 26.9 Å². The molecule has 0 bridgehead atoms. The number of nitrogens with zero attached hydrogens (tertiary/aromatic N) is 1. The Hall–Kier alpha value is -2.08. The molecule has 0 spiro atoms. The minimum atomic E-state index is -0.941. The number of ether oxygens (including phenoxy) is 2. The molecular formula is C15H19NO5. The van der Waals surface area contributed by atoms with Crippen LogP contribution in [-0.4, -0.2) is 54.8 Å². The molecule has 0 saturated carbocycles. The number of likely N-dealkylation sites (N-methyl/N-ethyl adjacent to an activating group) is 1. The van der Waals surface area contributed by atoms with Crippen molar-refractivity contribution in [3.8, 4) is 5.75 Å². The van der Waals surface area contributed by atoms with Crippen LogP contribution in [0.4, 0.5) is 0 Å². The van der Waals surface area contributed by atoms with E-state index in [4.69, 9.17) is 14.6 Å². The van der Waals surface area contributed by atoms with Crippen LogP contribution in [0.1, 0.15) is 17.3 Å². The van der Waals surface area contributed by atoms with E-state index in [2.05, 4.69) is 0 Å². The van der Waals surface area contributed by atoms with Gasteiger partial charge in [-0.2, -0.15) is 0 Å². The predicted octanol–water partition coefficient (Wildman–Crippen LogP) is 1.26. The molecule has 0 radical (unpaired) electrons. The van der Waals surface area contributed by atoms with Crippen LogP contribution < -0.4 is 4.74 Å². The van der Waals surface area contributed by atoms with Gasteiger partial charge in [-0.05, 0) is 31.2 Å². The fourth-order valence-corrected chi connectivity index (χ4v) is 2.38. The number of amides is 1. The second-order valence-corrected chi connectivity index (χ2v) is 4.92. The van der Waals surface area contributed by atoms with E-state index in [1.165, 1.54) is 4.90 Å². The quantitative estimate of drug-likeness (QED) is 0.884. The van der Waals surface area contributed by atoms with Crippen LogP contribution in [0.15, 0.2) is 24.3 Å². The van der Waals surface area contributed by atoms with E-state index in [1.54, 1.807) is 31.3 Å². The van der Waals surface area contributed by atoms with Gasteiger partial charge in [-0.3, -0.25) is 9.59 Å². The van der Waals surface area contributed by atoms with E-state index in [0.717, 1.165) is 0 Å². The zero-order valence-electron chi connectivity index (χ0n) is 12.1. The van der Waals surface area contributed by atoms with Crippen LogP contribution in [0.5, 0.6) is 5.75 Å². The molecule has 1 aliphatic rings. The van der Waals surface area contributed by atoms with Gasteiger partial charge in [-0.1, -0.05) is 0 Å². The molecule has 114 valence electrons. The molecule has 1 amide bonds. The average molecular weight is 293 g/mol. The van der Waals surface area contributed by atoms with Crippen molar-refractivity contribution < 1.29 is 24.2 Å². The number of carboxylic acids is 1. The third kappa shape index (κ3) is 3.33. The number of hydrogen-bond acceptors (Lipinski definition) is 4. The number of carbonyl (C=O) groups excluding carboxylic acids is 1. The van der Waals surface area contributed by atoms with Gasteiger partial charge in [0.15, 0.2) is 0 Å². The van der Waals surface area contributed by atoms with Crippen molar-refractivity contribution in [3.63, 3.8) is 0 Å². The number of rotatable bonds is 5. The highest BCUT2D eigenvalue weighted by molar-refractivity contribution is 5.94. The van der Waals surface area contributed by atoms with E-state index in [-0.39, 0.29) is 19.1 Å². The molecule has 1 aromatic rings. The monoisotopic (exact) mass is 293 g/mol. The number of aliphatic carboxylic acids is 1. The van der Waals surface area contributed by atoms with Crippen molar-refractivity contribution in [1.82, 2.24) is 4.90 Å². The molecule has 1 saturated heterocycles. The summed E-state index contributed by atoms with van der Waals surface area (Å²) in [6.45, 7) is 2.84. The normalized spacial score (nSPS) is 21.0. The lowest BCUT2D eigenvalue weighted by Gasteiger charge is -2.26. The van der Waals surface area contributed by atoms with Crippen LogP contribution in [-0.2, 0) is 9.53 Å². The largest absolute Gasteiger partial charge is 0.494 e. The number of hydrogen-bond donors (Lipinski definition) is 1. The molecule has 1 N–H and O–H groups in total. The Morgan fingerprint density at radius 2 is 2.00 bits per heavy atom. The third-order valence-corrected chi connectivity index (χ3v) is 3.60. The summed E-state index contributed by atoms with van der Waals surface area (Å²) in [7, 11) is 1.61. The first-order valence-electron chi connectivity index (χ1n) is 6.85. The lowest BCUT2D eigenvalue weighted by atomic mass is 10.0. The summed E-state index contributed by atoms with van der Waals surface area (Å²) in [5, 5.41) is 9.15. The molecule has 0 aromatic heterocycles. The summed E-state index contributed by atoms with van der Waals surface area (Å²) >= 11 is 0. The molecule has 2 rings (SSSR count). The van der Waals surface area contributed by atoms with Crippen LogP contribution in [0.2, 0.25) is 0 Å². The maximum absolute atomic E-state index is 12.4. The zero-order chi connectivity index (χ0) is 15.4. The molecule has 1 aromatic carbocycles. The Balaban J connectivity index is 2.09. The summed E-state index contributed by atoms with van der Waals surface area (Å²) in [5.41, 5.74) is 0.497. The van der Waals surface area contributed by atoms with Crippen molar-refractivity contribution in [2.45, 2.75) is 13.0 Å². The average Bonchev–Trinajstić information content (AvgIpc) is 2.96. The summed E-state index contributed by atoms with van der Waals surface area (Å²) in [5.74, 6) is -1.14. The zero-order valence-corrected chi connectivity index (χ0v) is 12.1. The first kappa shape index (κ1) is 15.3. The van der Waals surface area contributed by atoms with E-state index in [9.17, 15) is 9.59 Å². The smallest absolute Gasteiger partial charge is 0.311 e. The molecule has 2 unspecified atom stereocenters. The van der Waals surface area contributed by atoms with Crippen molar-refractivity contribution in [3.05, 3.63) is 29.8 Å². The molecule has 2 atom stereocenters. The number of carboxylic acid groups (broad SMARTS) is 1. The Labute approximate surface area is 123 Å². The number of benzene rings is 1. The molecule has 1 aliphatic heterocycles. The van der Waals surface area contributed by atoms with Gasteiger partial charge in [0, 0.05) is 12.6 Å². The van der Waals surface area contributed by atoms with Crippen molar-refractivity contribution in [2.24, 2.45) is 5.92 Å². The molecule has 1 fully saturated rings. The maximum Gasteiger partial charge on any atom is 0.311 e. The highest BCUT2D eigenvalue weighted by atomic mass is 16.5. The standard InChI is InChI=1S/C15H19NO5/c1-3-21-11-6-4-10(5-7-11)14(17)16(2)13-9-20-8-12(13)15(18)19/h4-7,12-13H,3,8-9H2,1-2H3,(H,18,19). The van der Waals surface area contributed by atoms with Gasteiger partial charge in [-0.25, -0.2) is 0 Å². The summed E-state index contributed by atoms with van der Waals surface area (Å²) in [6.07, 6.45) is 0. The first-order chi connectivity index (χ1) is 10.0. The summed E-state index contributed by atoms with van der Waals surface area (Å²) in [4.78, 5) is 25.0. The fourth-order valence-electron chi connectivity index (χ4n) is 2.38. The lowest BCUT2D eigenvalue weighted by molar-refractivity contribution is -0.142. The van der Waals surface area contributed by atoms with Gasteiger partial charge in [0.25, 0.3) is 5.91 Å². The second kappa shape index (κ2) is 6.58. The minimum absolute atomic E-state index is 0.140. The molecular weight excluding hydrogens is 274 g/mol. The Morgan fingerprint density at radius 1 is 1.33 bits per heavy atom. The van der Waals surface area contributed by atoms with Crippen LogP contribution in [0, 0.1) is 5.92 Å². The van der Waals surface area contributed by atoms with E-state index >= 15 is 0 Å². The third-order valence-electron chi connectivity index (χ3n) is 3.60. The van der Waals surface area contributed by atoms with Gasteiger partial charge in [0.1, 0.15) is 11.7 Å². The van der Waals surface area contributed by atoms with E-state index in [0.29, 0.717) is 17.9 Å².